The lowest BCUT2D eigenvalue weighted by Crippen LogP contribution is -2.45. The second-order valence-electron chi connectivity index (χ2n) is 8.47. The number of Topliss-reactive ketones (excluding diaryl/α,β-unsaturated/α-hetero) is 1. The predicted molar refractivity (Wildman–Crippen MR) is 123 cm³/mol. The van der Waals surface area contributed by atoms with Gasteiger partial charge in [-0.2, -0.15) is 0 Å². The van der Waals surface area contributed by atoms with Gasteiger partial charge >= 0.3 is 0 Å². The topological polar surface area (TPSA) is 106 Å². The van der Waals surface area contributed by atoms with Gasteiger partial charge < -0.3 is 14.6 Å². The second-order valence-corrected chi connectivity index (χ2v) is 10.8. The number of hydrogen-bond acceptors (Lipinski definition) is 7. The number of aliphatic hydroxyl groups excluding tert-OH is 1. The highest BCUT2D eigenvalue weighted by Gasteiger charge is 2.36. The van der Waals surface area contributed by atoms with E-state index < -0.39 is 16.1 Å². The molecule has 178 valence electrons. The van der Waals surface area contributed by atoms with Gasteiger partial charge in [0.1, 0.15) is 17.6 Å². The van der Waals surface area contributed by atoms with Crippen molar-refractivity contribution in [2.24, 2.45) is 11.8 Å². The Morgan fingerprint density at radius 1 is 1.30 bits per heavy atom. The number of fused-ring (bicyclic) bond motifs is 1. The number of sulfonamides is 1. The molecule has 0 aliphatic carbocycles. The van der Waals surface area contributed by atoms with Gasteiger partial charge in [-0.25, -0.2) is 13.4 Å². The van der Waals surface area contributed by atoms with Crippen LogP contribution in [0.2, 0.25) is 5.02 Å². The van der Waals surface area contributed by atoms with Gasteiger partial charge in [0.2, 0.25) is 5.88 Å². The quantitative estimate of drug-likeness (QED) is 0.630. The van der Waals surface area contributed by atoms with Crippen LogP contribution in [0.3, 0.4) is 0 Å². The van der Waals surface area contributed by atoms with E-state index in [1.165, 1.54) is 22.6 Å². The number of aliphatic hydroxyl groups is 1. The van der Waals surface area contributed by atoms with E-state index in [2.05, 4.69) is 4.98 Å². The molecule has 0 spiro atoms. The van der Waals surface area contributed by atoms with Crippen molar-refractivity contribution >= 4 is 33.1 Å². The second kappa shape index (κ2) is 9.97. The van der Waals surface area contributed by atoms with Gasteiger partial charge in [-0.15, -0.1) is 0 Å². The fraction of sp³-hybridized carbons (Fsp3) is 0.478. The molecule has 0 radical (unpaired) electrons. The third-order valence-electron chi connectivity index (χ3n) is 6.25. The molecule has 1 fully saturated rings. The maximum absolute atomic E-state index is 13.4. The molecule has 3 heterocycles. The van der Waals surface area contributed by atoms with E-state index in [1.54, 1.807) is 18.2 Å². The smallest absolute Gasteiger partial charge is 0.264 e. The predicted octanol–water partition coefficient (Wildman–Crippen LogP) is 2.86. The fourth-order valence-corrected chi connectivity index (χ4v) is 6.03. The minimum absolute atomic E-state index is 0.0224. The lowest BCUT2D eigenvalue weighted by Gasteiger charge is -2.34. The summed E-state index contributed by atoms with van der Waals surface area (Å²) in [6.45, 7) is 2.82. The fourth-order valence-electron chi connectivity index (χ4n) is 4.25. The molecular formula is C23H27ClN2O6S. The van der Waals surface area contributed by atoms with E-state index in [-0.39, 0.29) is 53.7 Å². The molecule has 8 nitrogen and oxygen atoms in total. The molecule has 1 N–H and O–H groups in total. The number of nitrogens with zero attached hydrogens (tertiary/aromatic N) is 2. The highest BCUT2D eigenvalue weighted by Crippen LogP contribution is 2.37. The lowest BCUT2D eigenvalue weighted by atomic mass is 9.83. The Kier molecular flexibility index (Phi) is 7.23. The summed E-state index contributed by atoms with van der Waals surface area (Å²) < 4.78 is 39.1. The van der Waals surface area contributed by atoms with Crippen LogP contribution in [0.25, 0.3) is 0 Å². The maximum atomic E-state index is 13.4. The molecule has 2 atom stereocenters. The van der Waals surface area contributed by atoms with Gasteiger partial charge in [-0.1, -0.05) is 24.6 Å². The number of anilines is 1. The van der Waals surface area contributed by atoms with Gasteiger partial charge in [0.05, 0.1) is 18.0 Å². The molecule has 2 aliphatic heterocycles. The molecule has 33 heavy (non-hydrogen) atoms. The number of pyridine rings is 1. The van der Waals surface area contributed by atoms with Crippen LogP contribution in [0.5, 0.6) is 5.88 Å². The van der Waals surface area contributed by atoms with E-state index in [0.29, 0.717) is 23.8 Å². The molecule has 0 bridgehead atoms. The number of hydrogen-bond donors (Lipinski definition) is 1. The van der Waals surface area contributed by atoms with Crippen LogP contribution in [-0.4, -0.2) is 56.8 Å². The highest BCUT2D eigenvalue weighted by atomic mass is 35.5. The number of halogens is 1. The summed E-state index contributed by atoms with van der Waals surface area (Å²) in [5.74, 6) is 0.342. The number of aromatic nitrogens is 1. The number of carbonyl (C=O) groups is 1. The Labute approximate surface area is 198 Å². The van der Waals surface area contributed by atoms with Crippen LogP contribution in [0.4, 0.5) is 5.69 Å². The van der Waals surface area contributed by atoms with Gasteiger partial charge in [-0.05, 0) is 48.6 Å². The van der Waals surface area contributed by atoms with Gasteiger partial charge in [0.25, 0.3) is 10.0 Å². The molecule has 2 aliphatic rings. The molecule has 1 aromatic heterocycles. The molecule has 4 rings (SSSR count). The maximum Gasteiger partial charge on any atom is 0.264 e. The summed E-state index contributed by atoms with van der Waals surface area (Å²) in [5.41, 5.74) is 0.846. The van der Waals surface area contributed by atoms with E-state index in [0.717, 1.165) is 12.8 Å². The van der Waals surface area contributed by atoms with Crippen LogP contribution in [0.1, 0.15) is 25.3 Å². The summed E-state index contributed by atoms with van der Waals surface area (Å²) in [6, 6.07) is 7.62. The zero-order chi connectivity index (χ0) is 23.6. The Bertz CT molecular complexity index is 1120. The summed E-state index contributed by atoms with van der Waals surface area (Å²) in [5, 5.41) is 9.92. The molecular weight excluding hydrogens is 468 g/mol. The van der Waals surface area contributed by atoms with Crippen LogP contribution < -0.4 is 9.04 Å². The summed E-state index contributed by atoms with van der Waals surface area (Å²) in [7, 11) is -4.00. The third kappa shape index (κ3) is 5.16. The van der Waals surface area contributed by atoms with E-state index >= 15 is 0 Å². The minimum Gasteiger partial charge on any atom is -0.468 e. The molecule has 10 heteroatoms. The van der Waals surface area contributed by atoms with Crippen molar-refractivity contribution in [3.05, 3.63) is 47.1 Å². The summed E-state index contributed by atoms with van der Waals surface area (Å²) in [4.78, 5) is 17.2. The first-order valence-corrected chi connectivity index (χ1v) is 12.8. The monoisotopic (exact) mass is 494 g/mol. The Balaban J connectivity index is 1.63. The van der Waals surface area contributed by atoms with Crippen LogP contribution in [-0.2, 0) is 26.0 Å². The van der Waals surface area contributed by atoms with E-state index in [4.69, 9.17) is 21.1 Å². The van der Waals surface area contributed by atoms with E-state index in [1.807, 2.05) is 6.92 Å². The van der Waals surface area contributed by atoms with Crippen LogP contribution >= 0.6 is 11.6 Å². The Hall–Kier alpha value is -2.20. The Morgan fingerprint density at radius 2 is 2.06 bits per heavy atom. The van der Waals surface area contributed by atoms with Gasteiger partial charge in [0, 0.05) is 36.8 Å². The van der Waals surface area contributed by atoms with Crippen molar-refractivity contribution in [3.63, 3.8) is 0 Å². The number of ether oxygens (including phenoxy) is 2. The molecule has 0 amide bonds. The first-order chi connectivity index (χ1) is 15.8. The zero-order valence-corrected chi connectivity index (χ0v) is 19.9. The summed E-state index contributed by atoms with van der Waals surface area (Å²) >= 11 is 6.02. The number of carbonyl (C=O) groups excluding carboxylic acids is 1. The van der Waals surface area contributed by atoms with Crippen molar-refractivity contribution in [1.82, 2.24) is 4.98 Å². The first-order valence-electron chi connectivity index (χ1n) is 10.9. The molecule has 2 aromatic rings. The van der Waals surface area contributed by atoms with Crippen molar-refractivity contribution in [1.29, 1.82) is 0 Å². The first kappa shape index (κ1) is 23.9. The normalized spacial score (nSPS) is 20.1. The minimum atomic E-state index is -4.00. The van der Waals surface area contributed by atoms with Gasteiger partial charge in [-0.3, -0.25) is 9.10 Å². The standard InChI is InChI=1S/C23H27ClN2O6S/c1-15(17-5-7-31-8-6-17)22(28)10-16-9-21-23(25-12-16)32-19(14-27)13-26(21)33(29,30)20-4-2-3-18(24)11-20/h2-4,9,11-12,15,17,19,27H,5-8,10,13-14H2,1H3/t15-,19+/m0/s1. The average molecular weight is 495 g/mol. The number of ketones is 1. The lowest BCUT2D eigenvalue weighted by molar-refractivity contribution is -0.124. The number of benzene rings is 1. The molecule has 0 saturated carbocycles. The largest absolute Gasteiger partial charge is 0.468 e. The third-order valence-corrected chi connectivity index (χ3v) is 8.26. The van der Waals surface area contributed by atoms with Crippen molar-refractivity contribution in [3.8, 4) is 5.88 Å². The summed E-state index contributed by atoms with van der Waals surface area (Å²) in [6.07, 6.45) is 2.62. The van der Waals surface area contributed by atoms with Crippen molar-refractivity contribution in [2.45, 2.75) is 37.2 Å². The molecule has 1 saturated heterocycles. The van der Waals surface area contributed by atoms with Crippen molar-refractivity contribution < 1.29 is 27.8 Å². The van der Waals surface area contributed by atoms with Gasteiger partial charge in [0.15, 0.2) is 0 Å². The number of rotatable bonds is 7. The van der Waals surface area contributed by atoms with Crippen molar-refractivity contribution in [2.75, 3.05) is 30.7 Å². The van der Waals surface area contributed by atoms with Crippen LogP contribution in [0.15, 0.2) is 41.4 Å². The molecule has 1 aromatic carbocycles. The highest BCUT2D eigenvalue weighted by molar-refractivity contribution is 7.92. The zero-order valence-electron chi connectivity index (χ0n) is 18.3. The van der Waals surface area contributed by atoms with Crippen LogP contribution in [0, 0.1) is 11.8 Å². The van der Waals surface area contributed by atoms with E-state index in [9.17, 15) is 18.3 Å². The average Bonchev–Trinajstić information content (AvgIpc) is 2.83. The Morgan fingerprint density at radius 3 is 2.76 bits per heavy atom. The molecule has 0 unspecified atom stereocenters. The SMILES string of the molecule is C[C@H](C(=O)Cc1cnc2c(c1)N(S(=O)(=O)c1cccc(Cl)c1)C[C@H](CO)O2)C1CCOCC1.